The third-order valence-corrected chi connectivity index (χ3v) is 4.54. The van der Waals surface area contributed by atoms with Gasteiger partial charge in [0.25, 0.3) is 0 Å². The zero-order valence-electron chi connectivity index (χ0n) is 13.2. The molecule has 8 nitrogen and oxygen atoms in total. The maximum atomic E-state index is 10.8. The van der Waals surface area contributed by atoms with E-state index in [-0.39, 0.29) is 11.5 Å². The molecule has 138 valence electrons. The van der Waals surface area contributed by atoms with Crippen molar-refractivity contribution in [1.29, 1.82) is 0 Å². The van der Waals surface area contributed by atoms with Crippen molar-refractivity contribution in [3.63, 3.8) is 0 Å². The highest BCUT2D eigenvalue weighted by molar-refractivity contribution is 7.81. The van der Waals surface area contributed by atoms with Crippen molar-refractivity contribution in [1.82, 2.24) is 0 Å². The molecule has 3 rings (SSSR count). The molecule has 0 atom stereocenters. The summed E-state index contributed by atoms with van der Waals surface area (Å²) in [5, 5.41) is 0. The molecule has 0 unspecified atom stereocenters. The second-order valence-electron chi connectivity index (χ2n) is 5.58. The summed E-state index contributed by atoms with van der Waals surface area (Å²) in [4.78, 5) is 0. The predicted octanol–water partition coefficient (Wildman–Crippen LogP) is 2.32. The van der Waals surface area contributed by atoms with Gasteiger partial charge in [0.05, 0.1) is 0 Å². The van der Waals surface area contributed by atoms with Crippen molar-refractivity contribution in [2.75, 3.05) is 0 Å². The topological polar surface area (TPSA) is 127 Å². The number of fused-ring (bicyclic) bond motifs is 2. The summed E-state index contributed by atoms with van der Waals surface area (Å²) in [6.45, 7) is 0. The normalized spacial score (nSPS) is 13.9. The first-order valence-electron chi connectivity index (χ1n) is 7.37. The molecule has 0 aliphatic heterocycles. The number of benzene rings is 2. The van der Waals surface area contributed by atoms with Crippen molar-refractivity contribution >= 4 is 33.0 Å². The van der Waals surface area contributed by atoms with E-state index < -0.39 is 20.8 Å². The van der Waals surface area contributed by atoms with E-state index >= 15 is 0 Å². The summed E-state index contributed by atoms with van der Waals surface area (Å²) in [6, 6.07) is 9.24. The molecule has 0 saturated carbocycles. The van der Waals surface area contributed by atoms with Crippen molar-refractivity contribution in [3.05, 3.63) is 58.7 Å². The largest absolute Gasteiger partial charge is 0.446 e. The van der Waals surface area contributed by atoms with E-state index in [1.54, 1.807) is 12.1 Å². The Morgan fingerprint density at radius 2 is 1.08 bits per heavy atom. The van der Waals surface area contributed by atoms with Crippen LogP contribution in [-0.4, -0.2) is 25.9 Å². The maximum Gasteiger partial charge on any atom is 0.446 e. The van der Waals surface area contributed by atoms with Gasteiger partial charge < -0.3 is 8.37 Å². The van der Waals surface area contributed by atoms with E-state index in [0.29, 0.717) is 12.8 Å². The SMILES string of the molecule is O=S(=O)(O)Oc1ccc2c(c1)CCc1cc(OS(=O)(=O)O)ccc1C=C2. The molecule has 2 N–H and O–H groups in total. The fourth-order valence-electron chi connectivity index (χ4n) is 2.72. The molecule has 0 amide bonds. The van der Waals surface area contributed by atoms with Crippen molar-refractivity contribution < 1.29 is 34.3 Å². The highest BCUT2D eigenvalue weighted by Gasteiger charge is 2.14. The van der Waals surface area contributed by atoms with E-state index in [9.17, 15) is 16.8 Å². The van der Waals surface area contributed by atoms with Crippen LogP contribution in [0, 0.1) is 0 Å². The highest BCUT2D eigenvalue weighted by atomic mass is 32.3. The second-order valence-corrected chi connectivity index (χ2v) is 7.62. The molecular formula is C16H14O8S2. The molecule has 0 bridgehead atoms. The van der Waals surface area contributed by atoms with Gasteiger partial charge in [-0.05, 0) is 59.4 Å². The highest BCUT2D eigenvalue weighted by Crippen LogP contribution is 2.28. The van der Waals surface area contributed by atoms with Gasteiger partial charge in [-0.15, -0.1) is 0 Å². The first-order valence-corrected chi connectivity index (χ1v) is 10.1. The Labute approximate surface area is 150 Å². The average Bonchev–Trinajstić information content (AvgIpc) is 2.48. The van der Waals surface area contributed by atoms with Gasteiger partial charge in [0, 0.05) is 0 Å². The molecule has 0 aromatic heterocycles. The van der Waals surface area contributed by atoms with Crippen LogP contribution in [-0.2, 0) is 33.6 Å². The molecule has 1 aliphatic carbocycles. The molecule has 1 aliphatic rings. The molecular weight excluding hydrogens is 384 g/mol. The molecule has 0 saturated heterocycles. The van der Waals surface area contributed by atoms with Crippen LogP contribution < -0.4 is 8.37 Å². The molecule has 0 radical (unpaired) electrons. The molecule has 26 heavy (non-hydrogen) atoms. The Bertz CT molecular complexity index is 998. The molecule has 0 fully saturated rings. The smallest absolute Gasteiger partial charge is 0.362 e. The molecule has 0 heterocycles. The van der Waals surface area contributed by atoms with E-state index in [4.69, 9.17) is 9.11 Å². The lowest BCUT2D eigenvalue weighted by atomic mass is 9.93. The van der Waals surface area contributed by atoms with Crippen LogP contribution in [0.2, 0.25) is 0 Å². The van der Waals surface area contributed by atoms with Gasteiger partial charge in [-0.1, -0.05) is 24.3 Å². The predicted molar refractivity (Wildman–Crippen MR) is 93.6 cm³/mol. The van der Waals surface area contributed by atoms with Crippen LogP contribution in [0.1, 0.15) is 22.3 Å². The maximum absolute atomic E-state index is 10.8. The van der Waals surface area contributed by atoms with Gasteiger partial charge in [-0.2, -0.15) is 16.8 Å². The van der Waals surface area contributed by atoms with Crippen LogP contribution >= 0.6 is 0 Å². The van der Waals surface area contributed by atoms with E-state index in [0.717, 1.165) is 22.3 Å². The molecule has 2 aromatic rings. The van der Waals surface area contributed by atoms with E-state index in [1.807, 2.05) is 12.2 Å². The fourth-order valence-corrected chi connectivity index (χ4v) is 3.41. The Morgan fingerprint density at radius 1 is 0.692 bits per heavy atom. The average molecular weight is 398 g/mol. The zero-order valence-corrected chi connectivity index (χ0v) is 14.8. The lowest BCUT2D eigenvalue weighted by molar-refractivity contribution is 0.384. The van der Waals surface area contributed by atoms with E-state index in [1.165, 1.54) is 24.3 Å². The standard InChI is InChI=1S/C16H14O8S2/c17-25(18,19)23-15-7-5-11-1-2-12-6-8-16(24-26(20,21)22)10-14(12)4-3-13(11)9-15/h1-2,5-10H,3-4H2,(H,17,18,19)(H,20,21,22). The molecule has 0 spiro atoms. The quantitative estimate of drug-likeness (QED) is 0.751. The number of aryl methyl sites for hydroxylation is 2. The first-order chi connectivity index (χ1) is 12.1. The summed E-state index contributed by atoms with van der Waals surface area (Å²) >= 11 is 0. The van der Waals surface area contributed by atoms with Gasteiger partial charge >= 0.3 is 20.8 Å². The third-order valence-electron chi connectivity index (χ3n) is 3.74. The van der Waals surface area contributed by atoms with Crippen LogP contribution in [0.4, 0.5) is 0 Å². The summed E-state index contributed by atoms with van der Waals surface area (Å²) < 4.78 is 69.9. The van der Waals surface area contributed by atoms with Gasteiger partial charge in [-0.3, -0.25) is 9.11 Å². The summed E-state index contributed by atoms with van der Waals surface area (Å²) in [5.74, 6) is -0.0205. The fraction of sp³-hybridized carbons (Fsp3) is 0.125. The second kappa shape index (κ2) is 6.72. The zero-order chi connectivity index (χ0) is 18.9. The number of hydrogen-bond acceptors (Lipinski definition) is 6. The van der Waals surface area contributed by atoms with Crippen molar-refractivity contribution in [2.45, 2.75) is 12.8 Å². The van der Waals surface area contributed by atoms with Gasteiger partial charge in [0.15, 0.2) is 0 Å². The number of rotatable bonds is 4. The summed E-state index contributed by atoms with van der Waals surface area (Å²) in [7, 11) is -9.21. The van der Waals surface area contributed by atoms with E-state index in [2.05, 4.69) is 8.37 Å². The first kappa shape index (κ1) is 18.4. The lowest BCUT2D eigenvalue weighted by Gasteiger charge is -2.14. The molecule has 10 heteroatoms. The van der Waals surface area contributed by atoms with Gasteiger partial charge in [0.2, 0.25) is 0 Å². The Balaban J connectivity index is 1.92. The van der Waals surface area contributed by atoms with Crippen molar-refractivity contribution in [2.24, 2.45) is 0 Å². The van der Waals surface area contributed by atoms with Crippen LogP contribution in [0.3, 0.4) is 0 Å². The molecule has 2 aromatic carbocycles. The minimum atomic E-state index is -4.61. The Hall–Kier alpha value is -2.40. The monoisotopic (exact) mass is 398 g/mol. The van der Waals surface area contributed by atoms with Crippen LogP contribution in [0.25, 0.3) is 12.2 Å². The van der Waals surface area contributed by atoms with Gasteiger partial charge in [-0.25, -0.2) is 0 Å². The third kappa shape index (κ3) is 4.82. The number of hydrogen-bond donors (Lipinski definition) is 2. The van der Waals surface area contributed by atoms with Crippen molar-refractivity contribution in [3.8, 4) is 11.5 Å². The summed E-state index contributed by atoms with van der Waals surface area (Å²) in [5.41, 5.74) is 3.29. The summed E-state index contributed by atoms with van der Waals surface area (Å²) in [6.07, 6.45) is 4.66. The Kier molecular flexibility index (Phi) is 4.76. The van der Waals surface area contributed by atoms with Crippen LogP contribution in [0.15, 0.2) is 36.4 Å². The van der Waals surface area contributed by atoms with Gasteiger partial charge in [0.1, 0.15) is 11.5 Å². The Morgan fingerprint density at radius 3 is 1.42 bits per heavy atom. The van der Waals surface area contributed by atoms with Crippen LogP contribution in [0.5, 0.6) is 11.5 Å². The minimum absolute atomic E-state index is 0.0103. The minimum Gasteiger partial charge on any atom is -0.362 e. The lowest BCUT2D eigenvalue weighted by Crippen LogP contribution is -2.08.